The monoisotopic (exact) mass is 452 g/mol. The Bertz CT molecular complexity index is 916. The molecular weight excluding hydrogens is 434 g/mol. The van der Waals surface area contributed by atoms with Crippen LogP contribution in [0.25, 0.3) is 5.69 Å². The lowest BCUT2D eigenvalue weighted by Crippen LogP contribution is -2.09. The van der Waals surface area contributed by atoms with Crippen molar-refractivity contribution in [3.63, 3.8) is 0 Å². The van der Waals surface area contributed by atoms with Crippen molar-refractivity contribution < 1.29 is 9.50 Å². The van der Waals surface area contributed by atoms with Gasteiger partial charge in [0.1, 0.15) is 11.9 Å². The van der Waals surface area contributed by atoms with Gasteiger partial charge in [0.2, 0.25) is 0 Å². The number of aryl methyl sites for hydroxylation is 1. The van der Waals surface area contributed by atoms with Gasteiger partial charge in [-0.15, -0.1) is 0 Å². The van der Waals surface area contributed by atoms with Gasteiger partial charge in [0.15, 0.2) is 0 Å². The normalized spacial score (nSPS) is 15.5. The van der Waals surface area contributed by atoms with Crippen molar-refractivity contribution >= 4 is 22.6 Å². The number of aliphatic hydroxyl groups is 1. The van der Waals surface area contributed by atoms with Crippen molar-refractivity contribution in [2.75, 3.05) is 0 Å². The molecule has 0 spiro atoms. The second-order valence-electron chi connectivity index (χ2n) is 6.56. The molecule has 1 N–H and O–H groups in total. The molecule has 5 nitrogen and oxygen atoms in total. The van der Waals surface area contributed by atoms with Gasteiger partial charge in [-0.3, -0.25) is 4.68 Å². The van der Waals surface area contributed by atoms with Crippen LogP contribution < -0.4 is 0 Å². The van der Waals surface area contributed by atoms with Gasteiger partial charge in [-0.1, -0.05) is 0 Å². The Hall–Kier alpha value is -1.74. The lowest BCUT2D eigenvalue weighted by atomic mass is 10.1. The molecule has 0 aliphatic heterocycles. The third-order valence-corrected chi connectivity index (χ3v) is 5.25. The number of aliphatic hydroxyl groups excluding tert-OH is 1. The summed E-state index contributed by atoms with van der Waals surface area (Å²) in [4.78, 5) is 0. The number of halogens is 2. The lowest BCUT2D eigenvalue weighted by Gasteiger charge is -2.13. The third kappa shape index (κ3) is 3.48. The summed E-state index contributed by atoms with van der Waals surface area (Å²) in [5, 5.41) is 19.7. The first-order valence-corrected chi connectivity index (χ1v) is 9.31. The number of hydrogen-bond acceptors (Lipinski definition) is 3. The van der Waals surface area contributed by atoms with E-state index in [0.29, 0.717) is 5.69 Å². The lowest BCUT2D eigenvalue weighted by molar-refractivity contribution is 0.211. The number of hydrogen-bond donors (Lipinski definition) is 1. The van der Waals surface area contributed by atoms with Gasteiger partial charge >= 0.3 is 0 Å². The Balaban J connectivity index is 1.68. The fourth-order valence-electron chi connectivity index (χ4n) is 2.92. The van der Waals surface area contributed by atoms with Gasteiger partial charge < -0.3 is 5.11 Å². The molecule has 1 saturated carbocycles. The Morgan fingerprint density at radius 1 is 1.36 bits per heavy atom. The predicted molar refractivity (Wildman–Crippen MR) is 100.0 cm³/mol. The number of rotatable bonds is 5. The molecule has 130 valence electrons. The molecule has 2 heterocycles. The molecule has 25 heavy (non-hydrogen) atoms. The standard InChI is InChI=1S/C18H18FIN4O/c1-11-6-17(24(22-11)16-5-4-14(19)7-15(16)20)18(25)13-8-21-23(10-13)9-12-2-3-12/h4-8,10,12,18,25H,2-3,9H2,1H3. The van der Waals surface area contributed by atoms with E-state index in [1.54, 1.807) is 16.9 Å². The first kappa shape index (κ1) is 16.7. The van der Waals surface area contributed by atoms with Crippen LogP contribution in [0.1, 0.15) is 35.9 Å². The molecule has 0 radical (unpaired) electrons. The fraction of sp³-hybridized carbons (Fsp3) is 0.333. The molecule has 1 unspecified atom stereocenters. The summed E-state index contributed by atoms with van der Waals surface area (Å²) in [5.74, 6) is 0.430. The Morgan fingerprint density at radius 2 is 2.16 bits per heavy atom. The fourth-order valence-corrected chi connectivity index (χ4v) is 3.62. The summed E-state index contributed by atoms with van der Waals surface area (Å²) in [7, 11) is 0. The molecule has 2 aromatic heterocycles. The largest absolute Gasteiger partial charge is 0.382 e. The van der Waals surface area contributed by atoms with E-state index in [9.17, 15) is 9.50 Å². The topological polar surface area (TPSA) is 55.9 Å². The van der Waals surface area contributed by atoms with Gasteiger partial charge in [0.05, 0.1) is 23.3 Å². The van der Waals surface area contributed by atoms with Crippen LogP contribution in [0.3, 0.4) is 0 Å². The molecular formula is C18H18FIN4O. The highest BCUT2D eigenvalue weighted by Gasteiger charge is 2.24. The molecule has 7 heteroatoms. The molecule has 1 aliphatic rings. The van der Waals surface area contributed by atoms with E-state index in [1.165, 1.54) is 25.0 Å². The third-order valence-electron chi connectivity index (χ3n) is 4.39. The highest BCUT2D eigenvalue weighted by Crippen LogP contribution is 2.31. The Labute approximate surface area is 158 Å². The van der Waals surface area contributed by atoms with Crippen LogP contribution in [0.15, 0.2) is 36.7 Å². The van der Waals surface area contributed by atoms with Crippen LogP contribution in [0.2, 0.25) is 0 Å². The van der Waals surface area contributed by atoms with E-state index < -0.39 is 6.10 Å². The molecule has 0 saturated heterocycles. The average Bonchev–Trinajstić information content (AvgIpc) is 3.11. The molecule has 3 aromatic rings. The van der Waals surface area contributed by atoms with E-state index >= 15 is 0 Å². The van der Waals surface area contributed by atoms with Crippen molar-refractivity contribution in [2.45, 2.75) is 32.4 Å². The maximum Gasteiger partial charge on any atom is 0.124 e. The first-order chi connectivity index (χ1) is 12.0. The summed E-state index contributed by atoms with van der Waals surface area (Å²) < 4.78 is 17.7. The SMILES string of the molecule is Cc1cc(C(O)c2cnn(CC3CC3)c2)n(-c2ccc(F)cc2I)n1. The molecule has 1 fully saturated rings. The zero-order chi connectivity index (χ0) is 17.6. The van der Waals surface area contributed by atoms with E-state index in [4.69, 9.17) is 0 Å². The number of benzene rings is 1. The zero-order valence-corrected chi connectivity index (χ0v) is 15.9. The van der Waals surface area contributed by atoms with Crippen molar-refractivity contribution in [2.24, 2.45) is 5.92 Å². The Morgan fingerprint density at radius 3 is 2.88 bits per heavy atom. The molecule has 4 rings (SSSR count). The van der Waals surface area contributed by atoms with Crippen LogP contribution in [0, 0.1) is 22.2 Å². The van der Waals surface area contributed by atoms with Crippen LogP contribution in [0.5, 0.6) is 0 Å². The van der Waals surface area contributed by atoms with E-state index in [2.05, 4.69) is 32.8 Å². The van der Waals surface area contributed by atoms with E-state index in [1.807, 2.05) is 23.9 Å². The van der Waals surface area contributed by atoms with Gasteiger partial charge in [0.25, 0.3) is 0 Å². The molecule has 1 aromatic carbocycles. The summed E-state index contributed by atoms with van der Waals surface area (Å²) in [6.45, 7) is 2.78. The summed E-state index contributed by atoms with van der Waals surface area (Å²) in [6.07, 6.45) is 5.27. The Kier molecular flexibility index (Phi) is 4.36. The summed E-state index contributed by atoms with van der Waals surface area (Å²) in [5.41, 5.74) is 2.92. The highest BCUT2D eigenvalue weighted by atomic mass is 127. The van der Waals surface area contributed by atoms with E-state index in [0.717, 1.165) is 33.0 Å². The number of aromatic nitrogens is 4. The average molecular weight is 452 g/mol. The smallest absolute Gasteiger partial charge is 0.124 e. The second-order valence-corrected chi connectivity index (χ2v) is 7.72. The van der Waals surface area contributed by atoms with Crippen molar-refractivity contribution in [1.29, 1.82) is 0 Å². The maximum absolute atomic E-state index is 13.4. The van der Waals surface area contributed by atoms with Crippen LogP contribution in [-0.2, 0) is 6.54 Å². The van der Waals surface area contributed by atoms with Gasteiger partial charge in [-0.05, 0) is 72.5 Å². The highest BCUT2D eigenvalue weighted by molar-refractivity contribution is 14.1. The molecule has 1 aliphatic carbocycles. The van der Waals surface area contributed by atoms with Crippen LogP contribution >= 0.6 is 22.6 Å². The van der Waals surface area contributed by atoms with Crippen molar-refractivity contribution in [3.8, 4) is 5.69 Å². The quantitative estimate of drug-likeness (QED) is 0.602. The predicted octanol–water partition coefficient (Wildman–Crippen LogP) is 3.61. The van der Waals surface area contributed by atoms with Crippen LogP contribution in [-0.4, -0.2) is 24.7 Å². The molecule has 0 bridgehead atoms. The van der Waals surface area contributed by atoms with Crippen LogP contribution in [0.4, 0.5) is 4.39 Å². The minimum Gasteiger partial charge on any atom is -0.382 e. The zero-order valence-electron chi connectivity index (χ0n) is 13.7. The van der Waals surface area contributed by atoms with Crippen molar-refractivity contribution in [3.05, 3.63) is 63.0 Å². The molecule has 1 atom stereocenters. The summed E-state index contributed by atoms with van der Waals surface area (Å²) >= 11 is 2.08. The second kappa shape index (κ2) is 6.53. The number of nitrogens with zero attached hydrogens (tertiary/aromatic N) is 4. The first-order valence-electron chi connectivity index (χ1n) is 8.23. The minimum atomic E-state index is -0.838. The summed E-state index contributed by atoms with van der Waals surface area (Å²) in [6, 6.07) is 6.38. The minimum absolute atomic E-state index is 0.291. The van der Waals surface area contributed by atoms with Gasteiger partial charge in [-0.25, -0.2) is 9.07 Å². The van der Waals surface area contributed by atoms with Crippen molar-refractivity contribution in [1.82, 2.24) is 19.6 Å². The maximum atomic E-state index is 13.4. The van der Waals surface area contributed by atoms with Gasteiger partial charge in [0, 0.05) is 21.9 Å². The molecule has 0 amide bonds. The van der Waals surface area contributed by atoms with Gasteiger partial charge in [-0.2, -0.15) is 10.2 Å². The van der Waals surface area contributed by atoms with E-state index in [-0.39, 0.29) is 5.82 Å².